The molecule has 5 heteroatoms. The lowest BCUT2D eigenvalue weighted by molar-refractivity contribution is 0.453. The van der Waals surface area contributed by atoms with Crippen LogP contribution >= 0.6 is 28.3 Å². The van der Waals surface area contributed by atoms with E-state index in [-0.39, 0.29) is 24.2 Å². The molecule has 16 heavy (non-hydrogen) atoms. The summed E-state index contributed by atoms with van der Waals surface area (Å²) in [6.45, 7) is 0.692. The fraction of sp³-hybridized carbons (Fsp3) is 0.455. The van der Waals surface area contributed by atoms with Crippen molar-refractivity contribution in [2.75, 3.05) is 6.54 Å². The van der Waals surface area contributed by atoms with E-state index >= 15 is 0 Å². The summed E-state index contributed by atoms with van der Waals surface area (Å²) in [6.07, 6.45) is 2.81. The number of phenols is 1. The molecule has 1 rings (SSSR count). The van der Waals surface area contributed by atoms with E-state index in [1.54, 1.807) is 6.07 Å². The molecule has 5 N–H and O–H groups in total. The largest absolute Gasteiger partial charge is 0.506 e. The van der Waals surface area contributed by atoms with Gasteiger partial charge < -0.3 is 16.6 Å². The summed E-state index contributed by atoms with van der Waals surface area (Å²) >= 11 is 3.27. The number of hydrogen-bond donors (Lipinski definition) is 3. The Kier molecular flexibility index (Phi) is 7.76. The molecule has 1 atom stereocenters. The Morgan fingerprint density at radius 2 is 2.00 bits per heavy atom. The highest BCUT2D eigenvalue weighted by Gasteiger charge is 2.11. The van der Waals surface area contributed by atoms with Crippen molar-refractivity contribution in [3.05, 3.63) is 28.2 Å². The average molecular weight is 310 g/mol. The minimum atomic E-state index is -0.117. The lowest BCUT2D eigenvalue weighted by atomic mass is 10.0. The van der Waals surface area contributed by atoms with Crippen molar-refractivity contribution in [3.8, 4) is 5.75 Å². The van der Waals surface area contributed by atoms with Crippen molar-refractivity contribution in [3.63, 3.8) is 0 Å². The third kappa shape index (κ3) is 4.29. The fourth-order valence-corrected chi connectivity index (χ4v) is 1.88. The van der Waals surface area contributed by atoms with Crippen LogP contribution in [0.5, 0.6) is 5.75 Å². The summed E-state index contributed by atoms with van der Waals surface area (Å²) in [5.74, 6) is 0.248. The molecular formula is C11H18BrClN2O. The molecule has 92 valence electrons. The molecule has 0 saturated carbocycles. The highest BCUT2D eigenvalue weighted by molar-refractivity contribution is 9.10. The Labute approximate surface area is 111 Å². The molecule has 0 aliphatic heterocycles. The molecule has 0 aliphatic rings. The third-order valence-corrected chi connectivity index (χ3v) is 3.03. The summed E-state index contributed by atoms with van der Waals surface area (Å²) in [4.78, 5) is 0. The number of aromatic hydroxyl groups is 1. The molecule has 0 saturated heterocycles. The van der Waals surface area contributed by atoms with E-state index in [2.05, 4.69) is 15.9 Å². The molecule has 0 spiro atoms. The monoisotopic (exact) mass is 308 g/mol. The minimum absolute atomic E-state index is 0. The normalized spacial score (nSPS) is 11.9. The molecule has 1 aromatic rings. The van der Waals surface area contributed by atoms with Gasteiger partial charge >= 0.3 is 0 Å². The zero-order valence-electron chi connectivity index (χ0n) is 9.03. The number of rotatable bonds is 5. The first-order chi connectivity index (χ1) is 7.16. The van der Waals surface area contributed by atoms with Crippen LogP contribution in [0.1, 0.15) is 30.9 Å². The van der Waals surface area contributed by atoms with Crippen LogP contribution in [0.3, 0.4) is 0 Å². The summed E-state index contributed by atoms with van der Waals surface area (Å²) in [5.41, 5.74) is 12.2. The van der Waals surface area contributed by atoms with Crippen molar-refractivity contribution in [1.82, 2.24) is 0 Å². The zero-order chi connectivity index (χ0) is 11.3. The van der Waals surface area contributed by atoms with Gasteiger partial charge in [-0.2, -0.15) is 0 Å². The summed E-state index contributed by atoms with van der Waals surface area (Å²) < 4.78 is 0.689. The van der Waals surface area contributed by atoms with Crippen molar-refractivity contribution < 1.29 is 5.11 Å². The van der Waals surface area contributed by atoms with E-state index < -0.39 is 0 Å². The molecule has 0 unspecified atom stereocenters. The number of hydrogen-bond acceptors (Lipinski definition) is 3. The van der Waals surface area contributed by atoms with E-state index in [1.807, 2.05) is 12.1 Å². The molecule has 0 heterocycles. The van der Waals surface area contributed by atoms with Gasteiger partial charge in [-0.15, -0.1) is 12.4 Å². The van der Waals surface area contributed by atoms with Gasteiger partial charge in [0, 0.05) is 11.6 Å². The number of phenolic OH excluding ortho intramolecular Hbond substituents is 1. The lowest BCUT2D eigenvalue weighted by Gasteiger charge is -2.14. The predicted molar refractivity (Wildman–Crippen MR) is 72.9 cm³/mol. The maximum Gasteiger partial charge on any atom is 0.134 e. The average Bonchev–Trinajstić information content (AvgIpc) is 2.22. The van der Waals surface area contributed by atoms with Crippen LogP contribution in [-0.2, 0) is 0 Å². The Balaban J connectivity index is 0.00000225. The predicted octanol–water partition coefficient (Wildman–Crippen LogP) is 2.71. The van der Waals surface area contributed by atoms with Crippen molar-refractivity contribution in [1.29, 1.82) is 0 Å². The summed E-state index contributed by atoms with van der Waals surface area (Å²) in [5, 5.41) is 9.77. The smallest absolute Gasteiger partial charge is 0.134 e. The van der Waals surface area contributed by atoms with Gasteiger partial charge in [0.2, 0.25) is 0 Å². The van der Waals surface area contributed by atoms with Gasteiger partial charge in [-0.05, 0) is 41.4 Å². The van der Waals surface area contributed by atoms with Crippen LogP contribution in [0.15, 0.2) is 22.7 Å². The maximum absolute atomic E-state index is 9.77. The Morgan fingerprint density at radius 1 is 1.31 bits per heavy atom. The third-order valence-electron chi connectivity index (χ3n) is 2.39. The first kappa shape index (κ1) is 15.7. The van der Waals surface area contributed by atoms with Crippen LogP contribution in [0.25, 0.3) is 0 Å². The van der Waals surface area contributed by atoms with Crippen LogP contribution < -0.4 is 11.5 Å². The molecular weight excluding hydrogens is 291 g/mol. The molecule has 0 amide bonds. The Morgan fingerprint density at radius 3 is 2.62 bits per heavy atom. The van der Waals surface area contributed by atoms with Crippen molar-refractivity contribution >= 4 is 28.3 Å². The number of para-hydroxylation sites is 1. The molecule has 3 nitrogen and oxygen atoms in total. The summed E-state index contributed by atoms with van der Waals surface area (Å²) in [6, 6.07) is 5.41. The second kappa shape index (κ2) is 7.90. The molecule has 0 aromatic heterocycles. The first-order valence-electron chi connectivity index (χ1n) is 5.10. The topological polar surface area (TPSA) is 72.3 Å². The Hall–Kier alpha value is -0.290. The molecule has 1 aromatic carbocycles. The number of benzene rings is 1. The lowest BCUT2D eigenvalue weighted by Crippen LogP contribution is -2.11. The minimum Gasteiger partial charge on any atom is -0.506 e. The van der Waals surface area contributed by atoms with Crippen LogP contribution in [0.4, 0.5) is 0 Å². The van der Waals surface area contributed by atoms with Gasteiger partial charge in [0.1, 0.15) is 5.75 Å². The quantitative estimate of drug-likeness (QED) is 0.732. The van der Waals surface area contributed by atoms with Gasteiger partial charge in [-0.3, -0.25) is 0 Å². The fourth-order valence-electron chi connectivity index (χ4n) is 1.50. The molecule has 0 aliphatic carbocycles. The van der Waals surface area contributed by atoms with Gasteiger partial charge in [0.05, 0.1) is 4.47 Å². The van der Waals surface area contributed by atoms with E-state index in [9.17, 15) is 5.11 Å². The number of unbranched alkanes of at least 4 members (excludes halogenated alkanes) is 1. The van der Waals surface area contributed by atoms with Gasteiger partial charge in [0.25, 0.3) is 0 Å². The van der Waals surface area contributed by atoms with Crippen LogP contribution in [0.2, 0.25) is 0 Å². The second-order valence-corrected chi connectivity index (χ2v) is 4.42. The highest BCUT2D eigenvalue weighted by atomic mass is 79.9. The zero-order valence-corrected chi connectivity index (χ0v) is 11.4. The van der Waals surface area contributed by atoms with Gasteiger partial charge in [-0.25, -0.2) is 0 Å². The van der Waals surface area contributed by atoms with E-state index in [0.29, 0.717) is 11.0 Å². The van der Waals surface area contributed by atoms with Gasteiger partial charge in [0.15, 0.2) is 0 Å². The standard InChI is InChI=1S/C11H17BrN2O.ClH/c12-9-5-3-4-8(11(9)15)10(14)6-1-2-7-13;/h3-5,10,15H,1-2,6-7,13-14H2;1H/t10-;/m0./s1. The second-order valence-electron chi connectivity index (χ2n) is 3.57. The number of nitrogens with two attached hydrogens (primary N) is 2. The first-order valence-corrected chi connectivity index (χ1v) is 5.89. The maximum atomic E-state index is 9.77. The van der Waals surface area contributed by atoms with Crippen molar-refractivity contribution in [2.24, 2.45) is 11.5 Å². The molecule has 0 fully saturated rings. The summed E-state index contributed by atoms with van der Waals surface area (Å²) in [7, 11) is 0. The Bertz CT molecular complexity index is 323. The van der Waals surface area contributed by atoms with E-state index in [4.69, 9.17) is 11.5 Å². The number of halogens is 2. The van der Waals surface area contributed by atoms with E-state index in [0.717, 1.165) is 24.8 Å². The van der Waals surface area contributed by atoms with E-state index in [1.165, 1.54) is 0 Å². The van der Waals surface area contributed by atoms with Crippen LogP contribution in [0, 0.1) is 0 Å². The van der Waals surface area contributed by atoms with Crippen molar-refractivity contribution in [2.45, 2.75) is 25.3 Å². The molecule has 0 radical (unpaired) electrons. The van der Waals surface area contributed by atoms with Gasteiger partial charge in [-0.1, -0.05) is 18.6 Å². The molecule has 0 bridgehead atoms. The highest BCUT2D eigenvalue weighted by Crippen LogP contribution is 2.32. The van der Waals surface area contributed by atoms with Crippen LogP contribution in [-0.4, -0.2) is 11.7 Å². The SMILES string of the molecule is Cl.NCCCC[C@H](N)c1cccc(Br)c1O.